The summed E-state index contributed by atoms with van der Waals surface area (Å²) in [5.74, 6) is 0.0108. The number of carboxylic acid groups (broad SMARTS) is 1. The normalized spacial score (nSPS) is 11.4. The van der Waals surface area contributed by atoms with Crippen LogP contribution in [-0.2, 0) is 12.8 Å². The summed E-state index contributed by atoms with van der Waals surface area (Å²) in [6.07, 6.45) is -2.28. The summed E-state index contributed by atoms with van der Waals surface area (Å²) in [6.45, 7) is 0.145. The number of ether oxygens (including phenoxy) is 2. The molecule has 0 unspecified atom stereocenters. The fraction of sp³-hybridized carbons (Fsp3) is 0.136. The van der Waals surface area contributed by atoms with E-state index in [-0.39, 0.29) is 18.0 Å². The minimum Gasteiger partial charge on any atom is -0.493 e. The first-order valence-corrected chi connectivity index (χ1v) is 9.21. The van der Waals surface area contributed by atoms with Crippen molar-refractivity contribution in [3.63, 3.8) is 0 Å². The van der Waals surface area contributed by atoms with Gasteiger partial charge in [0.2, 0.25) is 0 Å². The number of anilines is 1. The van der Waals surface area contributed by atoms with E-state index in [4.69, 9.17) is 14.6 Å². The minimum absolute atomic E-state index is 0.145. The average molecular weight is 445 g/mol. The Morgan fingerprint density at radius 1 is 1.16 bits per heavy atom. The molecule has 0 saturated carbocycles. The summed E-state index contributed by atoms with van der Waals surface area (Å²) in [6, 6.07) is 13.5. The highest BCUT2D eigenvalue weighted by Gasteiger charge is 2.30. The number of hydrogen-bond donors (Lipinski definition) is 2. The Balaban J connectivity index is 1.63. The minimum atomic E-state index is -4.45. The molecule has 0 amide bonds. The van der Waals surface area contributed by atoms with Gasteiger partial charge in [-0.1, -0.05) is 12.1 Å². The number of methoxy groups -OCH3 is 1. The number of alkyl halides is 3. The van der Waals surface area contributed by atoms with Crippen LogP contribution < -0.4 is 14.9 Å². The van der Waals surface area contributed by atoms with Crippen molar-refractivity contribution in [1.82, 2.24) is 4.98 Å². The summed E-state index contributed by atoms with van der Waals surface area (Å²) in [7, 11) is 1.47. The fourth-order valence-electron chi connectivity index (χ4n) is 2.64. The molecular formula is C22H18F3N3O4. The standard InChI is InChI=1S/C22H18F3N3O4/c1-31-19-10-14(11-27-28-20-8-6-17(12-26-20)22(23,24)25)5-7-18(19)32-13-15-3-2-4-16(9-15)21(29)30/h2-12H,13H2,1H3,(H,26,28)(H,29,30)/b27-11+. The number of nitrogens with zero attached hydrogens (tertiary/aromatic N) is 2. The van der Waals surface area contributed by atoms with Crippen molar-refractivity contribution in [2.45, 2.75) is 12.8 Å². The maximum Gasteiger partial charge on any atom is 0.417 e. The van der Waals surface area contributed by atoms with E-state index in [1.807, 2.05) is 0 Å². The van der Waals surface area contributed by atoms with Crippen LogP contribution in [0, 0.1) is 0 Å². The van der Waals surface area contributed by atoms with Gasteiger partial charge in [-0.15, -0.1) is 0 Å². The van der Waals surface area contributed by atoms with Crippen LogP contribution in [0.1, 0.15) is 27.0 Å². The van der Waals surface area contributed by atoms with Gasteiger partial charge < -0.3 is 14.6 Å². The van der Waals surface area contributed by atoms with Crippen molar-refractivity contribution in [1.29, 1.82) is 0 Å². The number of rotatable bonds is 8. The van der Waals surface area contributed by atoms with Gasteiger partial charge in [-0.25, -0.2) is 9.78 Å². The molecule has 0 aliphatic heterocycles. The smallest absolute Gasteiger partial charge is 0.417 e. The summed E-state index contributed by atoms with van der Waals surface area (Å²) in [5.41, 5.74) is 3.20. The molecule has 166 valence electrons. The van der Waals surface area contributed by atoms with Crippen molar-refractivity contribution < 1.29 is 32.5 Å². The Bertz CT molecular complexity index is 1120. The van der Waals surface area contributed by atoms with Crippen LogP contribution in [0.15, 0.2) is 65.9 Å². The van der Waals surface area contributed by atoms with Crippen molar-refractivity contribution >= 4 is 18.0 Å². The molecule has 10 heteroatoms. The molecule has 2 aromatic carbocycles. The highest BCUT2D eigenvalue weighted by Crippen LogP contribution is 2.29. The average Bonchev–Trinajstić information content (AvgIpc) is 2.78. The quantitative estimate of drug-likeness (QED) is 0.381. The van der Waals surface area contributed by atoms with E-state index >= 15 is 0 Å². The lowest BCUT2D eigenvalue weighted by Gasteiger charge is -2.11. The third kappa shape index (κ3) is 5.97. The van der Waals surface area contributed by atoms with Gasteiger partial charge in [-0.05, 0) is 53.6 Å². The molecule has 0 radical (unpaired) electrons. The van der Waals surface area contributed by atoms with E-state index in [2.05, 4.69) is 15.5 Å². The van der Waals surface area contributed by atoms with E-state index in [1.165, 1.54) is 31.5 Å². The van der Waals surface area contributed by atoms with Crippen molar-refractivity contribution in [2.75, 3.05) is 12.5 Å². The van der Waals surface area contributed by atoms with Gasteiger partial charge in [0.1, 0.15) is 12.4 Å². The van der Waals surface area contributed by atoms with Crippen LogP contribution in [0.25, 0.3) is 0 Å². The largest absolute Gasteiger partial charge is 0.493 e. The first-order chi connectivity index (χ1) is 15.3. The van der Waals surface area contributed by atoms with Crippen LogP contribution >= 0.6 is 0 Å². The molecule has 0 aliphatic carbocycles. The van der Waals surface area contributed by atoms with Crippen molar-refractivity contribution in [2.24, 2.45) is 5.10 Å². The third-order valence-electron chi connectivity index (χ3n) is 4.24. The molecule has 2 N–H and O–H groups in total. The Morgan fingerprint density at radius 2 is 1.97 bits per heavy atom. The molecule has 3 aromatic rings. The van der Waals surface area contributed by atoms with Gasteiger partial charge in [-0.3, -0.25) is 5.43 Å². The number of benzene rings is 2. The molecule has 0 atom stereocenters. The van der Waals surface area contributed by atoms with E-state index < -0.39 is 17.7 Å². The fourth-order valence-corrected chi connectivity index (χ4v) is 2.64. The predicted octanol–water partition coefficient (Wildman–Crippen LogP) is 4.83. The van der Waals surface area contributed by atoms with Crippen molar-refractivity contribution in [3.8, 4) is 11.5 Å². The first kappa shape index (κ1) is 22.6. The van der Waals surface area contributed by atoms with Gasteiger partial charge in [-0.2, -0.15) is 18.3 Å². The molecule has 32 heavy (non-hydrogen) atoms. The number of hydrazone groups is 1. The van der Waals surface area contributed by atoms with Gasteiger partial charge >= 0.3 is 12.1 Å². The Hall–Kier alpha value is -4.08. The second kappa shape index (κ2) is 9.82. The second-order valence-corrected chi connectivity index (χ2v) is 6.50. The summed E-state index contributed by atoms with van der Waals surface area (Å²) in [4.78, 5) is 14.7. The molecule has 0 fully saturated rings. The summed E-state index contributed by atoms with van der Waals surface area (Å²) < 4.78 is 48.7. The molecule has 0 saturated heterocycles. The lowest BCUT2D eigenvalue weighted by Crippen LogP contribution is -2.05. The monoisotopic (exact) mass is 445 g/mol. The molecular weight excluding hydrogens is 427 g/mol. The summed E-state index contributed by atoms with van der Waals surface area (Å²) >= 11 is 0. The highest BCUT2D eigenvalue weighted by atomic mass is 19.4. The molecule has 1 heterocycles. The number of pyridine rings is 1. The van der Waals surface area contributed by atoms with E-state index in [1.54, 1.807) is 30.3 Å². The molecule has 0 aliphatic rings. The maximum atomic E-state index is 12.6. The number of carboxylic acids is 1. The Labute approximate surface area is 181 Å². The van der Waals surface area contributed by atoms with E-state index in [9.17, 15) is 18.0 Å². The molecule has 0 spiro atoms. The Morgan fingerprint density at radius 3 is 2.62 bits per heavy atom. The van der Waals surface area contributed by atoms with Crippen LogP contribution in [0.4, 0.5) is 19.0 Å². The zero-order valence-electron chi connectivity index (χ0n) is 16.8. The first-order valence-electron chi connectivity index (χ1n) is 9.21. The molecule has 3 rings (SSSR count). The maximum absolute atomic E-state index is 12.6. The highest BCUT2D eigenvalue weighted by molar-refractivity contribution is 5.87. The van der Waals surface area contributed by atoms with Gasteiger partial charge in [0.25, 0.3) is 0 Å². The number of aromatic carboxylic acids is 1. The Kier molecular flexibility index (Phi) is 6.93. The van der Waals surface area contributed by atoms with Crippen molar-refractivity contribution in [3.05, 3.63) is 83.0 Å². The van der Waals surface area contributed by atoms with Gasteiger partial charge in [0, 0.05) is 6.20 Å². The molecule has 1 aromatic heterocycles. The van der Waals surface area contributed by atoms with Crippen LogP contribution in [0.2, 0.25) is 0 Å². The number of nitrogens with one attached hydrogen (secondary N) is 1. The number of hydrogen-bond acceptors (Lipinski definition) is 6. The predicted molar refractivity (Wildman–Crippen MR) is 111 cm³/mol. The number of carbonyl (C=O) groups is 1. The SMILES string of the molecule is COc1cc(/C=N/Nc2ccc(C(F)(F)F)cn2)ccc1OCc1cccc(C(=O)O)c1. The van der Waals surface area contributed by atoms with E-state index in [0.717, 1.165) is 12.3 Å². The van der Waals surface area contributed by atoms with Gasteiger partial charge in [0.15, 0.2) is 11.5 Å². The van der Waals surface area contributed by atoms with Crippen LogP contribution in [0.3, 0.4) is 0 Å². The lowest BCUT2D eigenvalue weighted by atomic mass is 10.1. The van der Waals surface area contributed by atoms with Crippen LogP contribution in [0.5, 0.6) is 11.5 Å². The molecule has 7 nitrogen and oxygen atoms in total. The molecule has 0 bridgehead atoms. The number of aromatic nitrogens is 1. The van der Waals surface area contributed by atoms with Gasteiger partial charge in [0.05, 0.1) is 24.5 Å². The number of halogens is 3. The van der Waals surface area contributed by atoms with E-state index in [0.29, 0.717) is 22.6 Å². The topological polar surface area (TPSA) is 93.0 Å². The lowest BCUT2D eigenvalue weighted by molar-refractivity contribution is -0.137. The second-order valence-electron chi connectivity index (χ2n) is 6.50. The van der Waals surface area contributed by atoms with Crippen LogP contribution in [-0.4, -0.2) is 29.4 Å². The third-order valence-corrected chi connectivity index (χ3v) is 4.24. The summed E-state index contributed by atoms with van der Waals surface area (Å²) in [5, 5.41) is 13.0. The zero-order valence-corrected chi connectivity index (χ0v) is 16.8. The zero-order chi connectivity index (χ0) is 23.1.